The third kappa shape index (κ3) is 4.57. The van der Waals surface area contributed by atoms with E-state index in [4.69, 9.17) is 9.47 Å². The minimum Gasteiger partial charge on any atom is -0.493 e. The van der Waals surface area contributed by atoms with Crippen LogP contribution in [0.4, 0.5) is 29.1 Å². The molecule has 1 aliphatic rings. The quantitative estimate of drug-likeness (QED) is 0.523. The lowest BCUT2D eigenvalue weighted by Crippen LogP contribution is -2.35. The van der Waals surface area contributed by atoms with Gasteiger partial charge >= 0.3 is 6.18 Å². The number of nitrogens with zero attached hydrogens (tertiary/aromatic N) is 2. The molecule has 0 saturated heterocycles. The van der Waals surface area contributed by atoms with E-state index in [-0.39, 0.29) is 17.9 Å². The molecule has 4 rings (SSSR count). The van der Waals surface area contributed by atoms with Gasteiger partial charge in [-0.3, -0.25) is 4.79 Å². The molecule has 0 fully saturated rings. The molecule has 1 amide bonds. The Labute approximate surface area is 186 Å². The molecule has 11 heteroatoms. The van der Waals surface area contributed by atoms with Crippen molar-refractivity contribution in [2.24, 2.45) is 0 Å². The van der Waals surface area contributed by atoms with Crippen LogP contribution < -0.4 is 20.1 Å². The number of halogens is 4. The number of ether oxygens (including phenoxy) is 2. The Bertz CT molecular complexity index is 1160. The van der Waals surface area contributed by atoms with E-state index in [2.05, 4.69) is 15.7 Å². The molecule has 0 aliphatic carbocycles. The largest absolute Gasteiger partial charge is 0.493 e. The van der Waals surface area contributed by atoms with Crippen molar-refractivity contribution in [2.45, 2.75) is 24.7 Å². The summed E-state index contributed by atoms with van der Waals surface area (Å²) in [5.41, 5.74) is 0.656. The molecular formula is C22H20F4N4O3. The standard InChI is InChI=1S/C22H20F4N4O3/c1-32-17-8-7-14(9-18(17)33-2)27-21(31)16-11-20-28-15(12-3-5-13(23)6-4-12)10-19(22(24,25)26)30(20)29-16/h3-9,11,15,19,28H,10H2,1-2H3,(H,27,31)/t15-,19-/m1/s1. The van der Waals surface area contributed by atoms with E-state index in [1.54, 1.807) is 12.1 Å². The topological polar surface area (TPSA) is 77.4 Å². The first-order chi connectivity index (χ1) is 15.7. The predicted octanol–water partition coefficient (Wildman–Crippen LogP) is 4.95. The van der Waals surface area contributed by atoms with Crippen LogP contribution in [0.3, 0.4) is 0 Å². The minimum atomic E-state index is -4.60. The Morgan fingerprint density at radius 2 is 1.79 bits per heavy atom. The maximum Gasteiger partial charge on any atom is 0.410 e. The van der Waals surface area contributed by atoms with Crippen LogP contribution in [-0.4, -0.2) is 36.1 Å². The van der Waals surface area contributed by atoms with Crippen LogP contribution in [0, 0.1) is 5.82 Å². The van der Waals surface area contributed by atoms with Gasteiger partial charge in [-0.15, -0.1) is 0 Å². The number of fused-ring (bicyclic) bond motifs is 1. The number of hydrogen-bond acceptors (Lipinski definition) is 5. The highest BCUT2D eigenvalue weighted by Crippen LogP contribution is 2.43. The maximum absolute atomic E-state index is 13.8. The average Bonchev–Trinajstić information content (AvgIpc) is 3.22. The second-order valence-electron chi connectivity index (χ2n) is 7.42. The van der Waals surface area contributed by atoms with Gasteiger partial charge in [-0.25, -0.2) is 9.07 Å². The smallest absolute Gasteiger partial charge is 0.410 e. The first-order valence-corrected chi connectivity index (χ1v) is 9.91. The molecule has 0 saturated carbocycles. The lowest BCUT2D eigenvalue weighted by molar-refractivity contribution is -0.173. The molecule has 2 N–H and O–H groups in total. The number of anilines is 2. The highest BCUT2D eigenvalue weighted by Gasteiger charge is 2.46. The van der Waals surface area contributed by atoms with Gasteiger partial charge in [0, 0.05) is 24.2 Å². The molecule has 33 heavy (non-hydrogen) atoms. The Morgan fingerprint density at radius 1 is 1.09 bits per heavy atom. The molecule has 1 aliphatic heterocycles. The van der Waals surface area contributed by atoms with Crippen molar-refractivity contribution >= 4 is 17.4 Å². The van der Waals surface area contributed by atoms with Gasteiger partial charge in [0.05, 0.1) is 20.3 Å². The summed E-state index contributed by atoms with van der Waals surface area (Å²) >= 11 is 0. The van der Waals surface area contributed by atoms with Crippen LogP contribution >= 0.6 is 0 Å². The number of carbonyl (C=O) groups excluding carboxylic acids is 1. The molecule has 0 bridgehead atoms. The molecule has 0 unspecified atom stereocenters. The molecule has 0 spiro atoms. The Morgan fingerprint density at radius 3 is 2.42 bits per heavy atom. The second kappa shape index (κ2) is 8.64. The number of alkyl halides is 3. The van der Waals surface area contributed by atoms with Gasteiger partial charge < -0.3 is 20.1 Å². The van der Waals surface area contributed by atoms with Crippen molar-refractivity contribution in [1.82, 2.24) is 9.78 Å². The maximum atomic E-state index is 13.8. The van der Waals surface area contributed by atoms with Gasteiger partial charge in [0.25, 0.3) is 5.91 Å². The van der Waals surface area contributed by atoms with Gasteiger partial charge in [-0.1, -0.05) is 12.1 Å². The SMILES string of the molecule is COc1ccc(NC(=O)c2cc3n(n2)[C@@H](C(F)(F)F)C[C@H](c2ccc(F)cc2)N3)cc1OC. The van der Waals surface area contributed by atoms with E-state index in [1.807, 2.05) is 0 Å². The number of benzene rings is 2. The van der Waals surface area contributed by atoms with Crippen LogP contribution in [0.1, 0.15) is 34.6 Å². The number of carbonyl (C=O) groups is 1. The zero-order valence-corrected chi connectivity index (χ0v) is 17.6. The molecule has 1 aromatic heterocycles. The predicted molar refractivity (Wildman–Crippen MR) is 112 cm³/mol. The number of hydrogen-bond donors (Lipinski definition) is 2. The zero-order chi connectivity index (χ0) is 23.8. The number of methoxy groups -OCH3 is 2. The van der Waals surface area contributed by atoms with Crippen LogP contribution in [-0.2, 0) is 0 Å². The molecule has 7 nitrogen and oxygen atoms in total. The zero-order valence-electron chi connectivity index (χ0n) is 17.6. The fourth-order valence-corrected chi connectivity index (χ4v) is 3.71. The normalized spacial score (nSPS) is 17.6. The third-order valence-electron chi connectivity index (χ3n) is 5.34. The van der Waals surface area contributed by atoms with E-state index in [9.17, 15) is 22.4 Å². The van der Waals surface area contributed by atoms with Crippen LogP contribution in [0.2, 0.25) is 0 Å². The second-order valence-corrected chi connectivity index (χ2v) is 7.42. The van der Waals surface area contributed by atoms with Crippen molar-refractivity contribution in [1.29, 1.82) is 0 Å². The third-order valence-corrected chi connectivity index (χ3v) is 5.34. The van der Waals surface area contributed by atoms with Crippen molar-refractivity contribution < 1.29 is 31.8 Å². The molecule has 174 valence electrons. The fraction of sp³-hybridized carbons (Fsp3) is 0.273. The van der Waals surface area contributed by atoms with E-state index in [0.29, 0.717) is 22.7 Å². The summed E-state index contributed by atoms with van der Waals surface area (Å²) in [5.74, 6) is -0.306. The van der Waals surface area contributed by atoms with Crippen molar-refractivity contribution in [3.63, 3.8) is 0 Å². The van der Waals surface area contributed by atoms with E-state index < -0.39 is 30.0 Å². The lowest BCUT2D eigenvalue weighted by Gasteiger charge is -2.33. The Kier molecular flexibility index (Phi) is 5.88. The highest BCUT2D eigenvalue weighted by atomic mass is 19.4. The summed E-state index contributed by atoms with van der Waals surface area (Å²) in [6.07, 6.45) is -4.96. The van der Waals surface area contributed by atoms with E-state index >= 15 is 0 Å². The van der Waals surface area contributed by atoms with Gasteiger partial charge in [0.1, 0.15) is 11.6 Å². The summed E-state index contributed by atoms with van der Waals surface area (Å²) in [6, 6.07) is 8.47. The van der Waals surface area contributed by atoms with Crippen LogP contribution in [0.5, 0.6) is 11.5 Å². The summed E-state index contributed by atoms with van der Waals surface area (Å²) in [5, 5.41) is 9.48. The first kappa shape index (κ1) is 22.4. The summed E-state index contributed by atoms with van der Waals surface area (Å²) < 4.78 is 65.8. The number of amides is 1. The fourth-order valence-electron chi connectivity index (χ4n) is 3.71. The summed E-state index contributed by atoms with van der Waals surface area (Å²) in [6.45, 7) is 0. The molecule has 2 aromatic carbocycles. The Balaban J connectivity index is 1.61. The van der Waals surface area contributed by atoms with Gasteiger partial charge in [-0.2, -0.15) is 18.3 Å². The molecule has 0 radical (unpaired) electrons. The van der Waals surface area contributed by atoms with Crippen molar-refractivity contribution in [2.75, 3.05) is 24.9 Å². The minimum absolute atomic E-state index is 0.0374. The average molecular weight is 464 g/mol. The first-order valence-electron chi connectivity index (χ1n) is 9.91. The molecular weight excluding hydrogens is 444 g/mol. The highest BCUT2D eigenvalue weighted by molar-refractivity contribution is 6.03. The number of nitrogens with one attached hydrogen (secondary N) is 2. The summed E-state index contributed by atoms with van der Waals surface area (Å²) in [7, 11) is 2.91. The van der Waals surface area contributed by atoms with Gasteiger partial charge in [-0.05, 0) is 29.8 Å². The monoisotopic (exact) mass is 464 g/mol. The Hall–Kier alpha value is -3.76. The van der Waals surface area contributed by atoms with Crippen LogP contribution in [0.15, 0.2) is 48.5 Å². The van der Waals surface area contributed by atoms with Crippen LogP contribution in [0.25, 0.3) is 0 Å². The number of rotatable bonds is 5. The van der Waals surface area contributed by atoms with Gasteiger partial charge in [0.2, 0.25) is 0 Å². The summed E-state index contributed by atoms with van der Waals surface area (Å²) in [4.78, 5) is 12.7. The molecule has 2 heterocycles. The van der Waals surface area contributed by atoms with Crippen molar-refractivity contribution in [3.05, 3.63) is 65.6 Å². The van der Waals surface area contributed by atoms with Gasteiger partial charge in [0.15, 0.2) is 23.2 Å². The van der Waals surface area contributed by atoms with E-state index in [1.165, 1.54) is 50.6 Å². The van der Waals surface area contributed by atoms with E-state index in [0.717, 1.165) is 4.68 Å². The van der Waals surface area contributed by atoms with Crippen molar-refractivity contribution in [3.8, 4) is 11.5 Å². The lowest BCUT2D eigenvalue weighted by atomic mass is 9.97. The number of aromatic nitrogens is 2. The molecule has 2 atom stereocenters. The molecule has 3 aromatic rings.